The average Bonchev–Trinajstić information content (AvgIpc) is 2.35. The van der Waals surface area contributed by atoms with E-state index in [1.807, 2.05) is 0 Å². The molecule has 9 heavy (non-hydrogen) atoms. The van der Waals surface area contributed by atoms with E-state index in [0.717, 1.165) is 19.5 Å². The maximum atomic E-state index is 5.77. The Hall–Kier alpha value is 0.540. The van der Waals surface area contributed by atoms with Crippen molar-refractivity contribution in [1.29, 1.82) is 0 Å². The zero-order chi connectivity index (χ0) is 6.91. The van der Waals surface area contributed by atoms with Crippen LogP contribution in [0.25, 0.3) is 0 Å². The molecule has 1 fully saturated rings. The molecule has 0 amide bonds. The lowest BCUT2D eigenvalue weighted by atomic mass is 10.4. The van der Waals surface area contributed by atoms with Gasteiger partial charge in [0.2, 0.25) is 0 Å². The Morgan fingerprint density at radius 1 is 1.67 bits per heavy atom. The van der Waals surface area contributed by atoms with Crippen molar-refractivity contribution in [2.75, 3.05) is 13.1 Å². The number of rotatable bonds is 3. The molecule has 0 radical (unpaired) electrons. The average molecular weight is 168 g/mol. The maximum absolute atomic E-state index is 5.77. The Morgan fingerprint density at radius 3 is 2.56 bits per heavy atom. The van der Waals surface area contributed by atoms with Gasteiger partial charge in [0, 0.05) is 12.5 Å². The standard InChI is InChI=1S/C6H11Cl2N/c1-2-9-4-5-3-6(5,7)8/h5,9H,2-4H2,1H3. The predicted octanol–water partition coefficient (Wildman–Crippen LogP) is 1.79. The van der Waals surface area contributed by atoms with Crippen molar-refractivity contribution in [1.82, 2.24) is 5.32 Å². The fourth-order valence-corrected chi connectivity index (χ4v) is 1.34. The molecule has 1 rings (SSSR count). The molecule has 1 atom stereocenters. The Kier molecular flexibility index (Phi) is 2.25. The highest BCUT2D eigenvalue weighted by Gasteiger charge is 2.50. The molecule has 54 valence electrons. The quantitative estimate of drug-likeness (QED) is 0.633. The van der Waals surface area contributed by atoms with Gasteiger partial charge < -0.3 is 5.32 Å². The molecule has 0 aromatic heterocycles. The molecule has 0 bridgehead atoms. The first kappa shape index (κ1) is 7.64. The molecular formula is C6H11Cl2N. The Bertz CT molecular complexity index is 103. The third-order valence-corrected chi connectivity index (χ3v) is 2.52. The van der Waals surface area contributed by atoms with Crippen molar-refractivity contribution in [3.05, 3.63) is 0 Å². The minimum absolute atomic E-state index is 0.401. The highest BCUT2D eigenvalue weighted by atomic mass is 35.5. The van der Waals surface area contributed by atoms with E-state index < -0.39 is 4.33 Å². The van der Waals surface area contributed by atoms with Gasteiger partial charge in [-0.1, -0.05) is 6.92 Å². The Labute approximate surface area is 65.7 Å². The highest BCUT2D eigenvalue weighted by molar-refractivity contribution is 6.50. The van der Waals surface area contributed by atoms with Gasteiger partial charge in [-0.15, -0.1) is 23.2 Å². The van der Waals surface area contributed by atoms with Crippen LogP contribution in [0.1, 0.15) is 13.3 Å². The van der Waals surface area contributed by atoms with Crippen molar-refractivity contribution in [2.24, 2.45) is 5.92 Å². The summed E-state index contributed by atoms with van der Waals surface area (Å²) in [5, 5.41) is 3.20. The van der Waals surface area contributed by atoms with Gasteiger partial charge in [-0.25, -0.2) is 0 Å². The van der Waals surface area contributed by atoms with Crippen LogP contribution >= 0.6 is 23.2 Å². The van der Waals surface area contributed by atoms with Crippen LogP contribution in [0, 0.1) is 5.92 Å². The first-order chi connectivity index (χ1) is 4.17. The van der Waals surface area contributed by atoms with Crippen LogP contribution in [0.2, 0.25) is 0 Å². The molecule has 0 spiro atoms. The van der Waals surface area contributed by atoms with Crippen molar-refractivity contribution in [3.8, 4) is 0 Å². The molecule has 1 N–H and O–H groups in total. The van der Waals surface area contributed by atoms with Gasteiger partial charge in [-0.05, 0) is 13.0 Å². The third kappa shape index (κ3) is 1.99. The minimum atomic E-state index is -0.401. The second kappa shape index (κ2) is 2.65. The molecule has 0 aliphatic heterocycles. The third-order valence-electron chi connectivity index (χ3n) is 1.60. The van der Waals surface area contributed by atoms with E-state index in [-0.39, 0.29) is 0 Å². The van der Waals surface area contributed by atoms with Crippen LogP contribution in [0.3, 0.4) is 0 Å². The van der Waals surface area contributed by atoms with Crippen molar-refractivity contribution in [3.63, 3.8) is 0 Å². The fourth-order valence-electron chi connectivity index (χ4n) is 0.810. The molecular weight excluding hydrogens is 157 g/mol. The lowest BCUT2D eigenvalue weighted by Gasteiger charge is -1.98. The van der Waals surface area contributed by atoms with Crippen LogP contribution < -0.4 is 5.32 Å². The number of nitrogens with one attached hydrogen (secondary N) is 1. The van der Waals surface area contributed by atoms with Gasteiger partial charge >= 0.3 is 0 Å². The number of alkyl halides is 2. The van der Waals surface area contributed by atoms with Gasteiger partial charge in [-0.3, -0.25) is 0 Å². The largest absolute Gasteiger partial charge is 0.317 e. The highest BCUT2D eigenvalue weighted by Crippen LogP contribution is 2.52. The molecule has 1 unspecified atom stereocenters. The van der Waals surface area contributed by atoms with Crippen LogP contribution in [0.4, 0.5) is 0 Å². The summed E-state index contributed by atoms with van der Waals surface area (Å²) in [7, 11) is 0. The summed E-state index contributed by atoms with van der Waals surface area (Å²) in [6.45, 7) is 4.04. The summed E-state index contributed by atoms with van der Waals surface area (Å²) in [5.74, 6) is 0.487. The fraction of sp³-hybridized carbons (Fsp3) is 1.00. The molecule has 1 nitrogen and oxygen atoms in total. The van der Waals surface area contributed by atoms with E-state index in [1.54, 1.807) is 0 Å². The van der Waals surface area contributed by atoms with Crippen molar-refractivity contribution >= 4 is 23.2 Å². The van der Waals surface area contributed by atoms with Crippen molar-refractivity contribution in [2.45, 2.75) is 17.7 Å². The van der Waals surface area contributed by atoms with Crippen LogP contribution in [-0.4, -0.2) is 17.4 Å². The molecule has 3 heteroatoms. The zero-order valence-corrected chi connectivity index (χ0v) is 6.97. The molecule has 1 aliphatic carbocycles. The van der Waals surface area contributed by atoms with Crippen LogP contribution in [0.15, 0.2) is 0 Å². The summed E-state index contributed by atoms with van der Waals surface area (Å²) in [5.41, 5.74) is 0. The lowest BCUT2D eigenvalue weighted by Crippen LogP contribution is -2.17. The lowest BCUT2D eigenvalue weighted by molar-refractivity contribution is 0.658. The van der Waals surface area contributed by atoms with Crippen LogP contribution in [-0.2, 0) is 0 Å². The predicted molar refractivity (Wildman–Crippen MR) is 41.1 cm³/mol. The zero-order valence-electron chi connectivity index (χ0n) is 5.45. The summed E-state index contributed by atoms with van der Waals surface area (Å²) in [6, 6.07) is 0. The molecule has 0 heterocycles. The minimum Gasteiger partial charge on any atom is -0.317 e. The summed E-state index contributed by atoms with van der Waals surface area (Å²) in [6.07, 6.45) is 0.948. The first-order valence-corrected chi connectivity index (χ1v) is 4.01. The molecule has 1 aliphatic rings. The number of hydrogen-bond donors (Lipinski definition) is 1. The second-order valence-corrected chi connectivity index (χ2v) is 4.01. The monoisotopic (exact) mass is 167 g/mol. The summed E-state index contributed by atoms with van der Waals surface area (Å²) >= 11 is 11.5. The molecule has 0 aromatic carbocycles. The van der Waals surface area contributed by atoms with E-state index in [4.69, 9.17) is 23.2 Å². The van der Waals surface area contributed by atoms with E-state index in [2.05, 4.69) is 12.2 Å². The first-order valence-electron chi connectivity index (χ1n) is 3.25. The Morgan fingerprint density at radius 2 is 2.22 bits per heavy atom. The normalized spacial score (nSPS) is 30.3. The molecule has 1 saturated carbocycles. The number of hydrogen-bond acceptors (Lipinski definition) is 1. The summed E-state index contributed by atoms with van der Waals surface area (Å²) in [4.78, 5) is 0. The van der Waals surface area contributed by atoms with E-state index in [9.17, 15) is 0 Å². The topological polar surface area (TPSA) is 12.0 Å². The second-order valence-electron chi connectivity index (χ2n) is 2.47. The Balaban J connectivity index is 2.06. The van der Waals surface area contributed by atoms with E-state index in [0.29, 0.717) is 5.92 Å². The van der Waals surface area contributed by atoms with E-state index in [1.165, 1.54) is 0 Å². The van der Waals surface area contributed by atoms with Gasteiger partial charge in [-0.2, -0.15) is 0 Å². The van der Waals surface area contributed by atoms with Gasteiger partial charge in [0.1, 0.15) is 4.33 Å². The van der Waals surface area contributed by atoms with E-state index >= 15 is 0 Å². The number of halogens is 2. The van der Waals surface area contributed by atoms with Gasteiger partial charge in [0.25, 0.3) is 0 Å². The van der Waals surface area contributed by atoms with Crippen molar-refractivity contribution < 1.29 is 0 Å². The molecule has 0 saturated heterocycles. The maximum Gasteiger partial charge on any atom is 0.122 e. The molecule has 0 aromatic rings. The smallest absolute Gasteiger partial charge is 0.122 e. The SMILES string of the molecule is CCNCC1CC1(Cl)Cl. The van der Waals surface area contributed by atoms with Gasteiger partial charge in [0.15, 0.2) is 0 Å². The van der Waals surface area contributed by atoms with Crippen LogP contribution in [0.5, 0.6) is 0 Å². The van der Waals surface area contributed by atoms with Gasteiger partial charge in [0.05, 0.1) is 0 Å². The summed E-state index contributed by atoms with van der Waals surface area (Å²) < 4.78 is -0.401.